The summed E-state index contributed by atoms with van der Waals surface area (Å²) in [5.74, 6) is -0.288. The predicted molar refractivity (Wildman–Crippen MR) is 74.3 cm³/mol. The molecule has 2 aromatic carbocycles. The summed E-state index contributed by atoms with van der Waals surface area (Å²) >= 11 is 0. The first kappa shape index (κ1) is 13.1. The van der Waals surface area contributed by atoms with Gasteiger partial charge in [-0.25, -0.2) is 4.39 Å². The lowest BCUT2D eigenvalue weighted by Crippen LogP contribution is -2.09. The maximum atomic E-state index is 13.5. The van der Waals surface area contributed by atoms with Gasteiger partial charge in [0.15, 0.2) is 0 Å². The number of benzene rings is 2. The summed E-state index contributed by atoms with van der Waals surface area (Å²) < 4.78 is 13.5. The third-order valence-corrected chi connectivity index (χ3v) is 3.02. The molecule has 19 heavy (non-hydrogen) atoms. The van der Waals surface area contributed by atoms with Crippen molar-refractivity contribution in [3.8, 4) is 6.07 Å². The van der Waals surface area contributed by atoms with Crippen molar-refractivity contribution < 1.29 is 4.39 Å². The van der Waals surface area contributed by atoms with E-state index in [0.29, 0.717) is 11.1 Å². The number of nitriles is 1. The molecule has 0 aliphatic rings. The van der Waals surface area contributed by atoms with Gasteiger partial charge in [0.1, 0.15) is 11.9 Å². The fourth-order valence-electron chi connectivity index (χ4n) is 1.80. The number of aryl methyl sites for hydroxylation is 2. The molecule has 1 atom stereocenters. The first-order valence-electron chi connectivity index (χ1n) is 6.09. The first-order chi connectivity index (χ1) is 9.10. The van der Waals surface area contributed by atoms with Crippen LogP contribution in [-0.2, 0) is 0 Å². The molecule has 2 nitrogen and oxygen atoms in total. The Morgan fingerprint density at radius 2 is 1.79 bits per heavy atom. The highest BCUT2D eigenvalue weighted by Gasteiger charge is 2.11. The summed E-state index contributed by atoms with van der Waals surface area (Å²) in [5.41, 5.74) is 3.21. The second kappa shape index (κ2) is 5.53. The van der Waals surface area contributed by atoms with Crippen molar-refractivity contribution in [2.45, 2.75) is 19.9 Å². The van der Waals surface area contributed by atoms with Crippen LogP contribution in [0.5, 0.6) is 0 Å². The van der Waals surface area contributed by atoms with E-state index in [9.17, 15) is 9.65 Å². The molecule has 0 saturated carbocycles. The summed E-state index contributed by atoms with van der Waals surface area (Å²) in [4.78, 5) is 0. The number of nitrogens with zero attached hydrogens (tertiary/aromatic N) is 1. The zero-order valence-electron chi connectivity index (χ0n) is 10.9. The number of rotatable bonds is 3. The Morgan fingerprint density at radius 1 is 1.11 bits per heavy atom. The molecule has 2 rings (SSSR count). The molecule has 0 bridgehead atoms. The van der Waals surface area contributed by atoms with E-state index in [1.807, 2.05) is 31.2 Å². The Labute approximate surface area is 112 Å². The molecule has 1 unspecified atom stereocenters. The Hall–Kier alpha value is -2.34. The Bertz CT molecular complexity index is 612. The number of anilines is 1. The second-order valence-electron chi connectivity index (χ2n) is 4.58. The van der Waals surface area contributed by atoms with Gasteiger partial charge in [-0.05, 0) is 43.2 Å². The van der Waals surface area contributed by atoms with Gasteiger partial charge in [-0.1, -0.05) is 29.8 Å². The maximum Gasteiger partial charge on any atom is 0.140 e. The Kier molecular flexibility index (Phi) is 3.82. The molecule has 1 N–H and O–H groups in total. The second-order valence-corrected chi connectivity index (χ2v) is 4.58. The molecule has 0 fully saturated rings. The van der Waals surface area contributed by atoms with E-state index >= 15 is 0 Å². The van der Waals surface area contributed by atoms with Crippen LogP contribution in [-0.4, -0.2) is 0 Å². The summed E-state index contributed by atoms with van der Waals surface area (Å²) in [5, 5.41) is 12.3. The quantitative estimate of drug-likeness (QED) is 0.894. The normalized spacial score (nSPS) is 11.7. The van der Waals surface area contributed by atoms with E-state index in [0.717, 1.165) is 11.3 Å². The minimum absolute atomic E-state index is 0.288. The number of hydrogen-bond donors (Lipinski definition) is 1. The minimum Gasteiger partial charge on any atom is -0.366 e. The monoisotopic (exact) mass is 254 g/mol. The Balaban J connectivity index is 2.23. The number of nitrogens with one attached hydrogen (secondary N) is 1. The molecule has 3 heteroatoms. The van der Waals surface area contributed by atoms with E-state index in [1.165, 1.54) is 6.07 Å². The number of halogens is 1. The first-order valence-corrected chi connectivity index (χ1v) is 6.09. The molecule has 2 aromatic rings. The fraction of sp³-hybridized carbons (Fsp3) is 0.188. The molecule has 0 aliphatic carbocycles. The smallest absolute Gasteiger partial charge is 0.140 e. The van der Waals surface area contributed by atoms with Crippen molar-refractivity contribution in [2.75, 3.05) is 5.32 Å². The van der Waals surface area contributed by atoms with Crippen molar-refractivity contribution in [3.63, 3.8) is 0 Å². The average molecular weight is 254 g/mol. The van der Waals surface area contributed by atoms with Crippen LogP contribution in [0, 0.1) is 31.0 Å². The van der Waals surface area contributed by atoms with E-state index in [4.69, 9.17) is 0 Å². The average Bonchev–Trinajstić information content (AvgIpc) is 2.41. The summed E-state index contributed by atoms with van der Waals surface area (Å²) in [6.45, 7) is 3.70. The molecule has 0 spiro atoms. The van der Waals surface area contributed by atoms with Gasteiger partial charge in [0, 0.05) is 5.69 Å². The highest BCUT2D eigenvalue weighted by atomic mass is 19.1. The molecular weight excluding hydrogens is 239 g/mol. The van der Waals surface area contributed by atoms with Crippen molar-refractivity contribution in [1.29, 1.82) is 5.26 Å². The highest BCUT2D eigenvalue weighted by molar-refractivity contribution is 5.48. The SMILES string of the molecule is Cc1ccc(NC(C#N)c2ccc(C)c(F)c2)cc1. The number of hydrogen-bond acceptors (Lipinski definition) is 2. The van der Waals surface area contributed by atoms with Gasteiger partial charge in [-0.2, -0.15) is 5.26 Å². The van der Waals surface area contributed by atoms with Crippen LogP contribution in [0.4, 0.5) is 10.1 Å². The summed E-state index contributed by atoms with van der Waals surface area (Å²) in [7, 11) is 0. The molecule has 0 heterocycles. The molecular formula is C16H15FN2. The zero-order valence-corrected chi connectivity index (χ0v) is 10.9. The third kappa shape index (κ3) is 3.11. The van der Waals surface area contributed by atoms with Gasteiger partial charge in [0.25, 0.3) is 0 Å². The maximum absolute atomic E-state index is 13.5. The van der Waals surface area contributed by atoms with Crippen molar-refractivity contribution in [3.05, 3.63) is 65.0 Å². The topological polar surface area (TPSA) is 35.8 Å². The molecule has 0 radical (unpaired) electrons. The predicted octanol–water partition coefficient (Wildman–Crippen LogP) is 4.12. The van der Waals surface area contributed by atoms with E-state index in [1.54, 1.807) is 19.1 Å². The van der Waals surface area contributed by atoms with Crippen LogP contribution >= 0.6 is 0 Å². The van der Waals surface area contributed by atoms with Crippen molar-refractivity contribution in [1.82, 2.24) is 0 Å². The van der Waals surface area contributed by atoms with Gasteiger partial charge in [-0.15, -0.1) is 0 Å². The lowest BCUT2D eigenvalue weighted by atomic mass is 10.1. The summed E-state index contributed by atoms with van der Waals surface area (Å²) in [6, 6.07) is 14.2. The highest BCUT2D eigenvalue weighted by Crippen LogP contribution is 2.21. The lowest BCUT2D eigenvalue weighted by molar-refractivity contribution is 0.615. The van der Waals surface area contributed by atoms with Crippen molar-refractivity contribution in [2.24, 2.45) is 0 Å². The fourth-order valence-corrected chi connectivity index (χ4v) is 1.80. The molecule has 0 aliphatic heterocycles. The molecule has 0 amide bonds. The van der Waals surface area contributed by atoms with Crippen LogP contribution in [0.25, 0.3) is 0 Å². The van der Waals surface area contributed by atoms with Crippen LogP contribution in [0.3, 0.4) is 0 Å². The standard InChI is InChI=1S/C16H15FN2/c1-11-3-7-14(8-4-11)19-16(10-18)13-6-5-12(2)15(17)9-13/h3-9,16,19H,1-2H3. The van der Waals surface area contributed by atoms with Crippen LogP contribution < -0.4 is 5.32 Å². The van der Waals surface area contributed by atoms with Crippen molar-refractivity contribution >= 4 is 5.69 Å². The molecule has 96 valence electrons. The molecule has 0 aromatic heterocycles. The van der Waals surface area contributed by atoms with Gasteiger partial charge in [-0.3, -0.25) is 0 Å². The van der Waals surface area contributed by atoms with Crippen LogP contribution in [0.1, 0.15) is 22.7 Å². The van der Waals surface area contributed by atoms with E-state index < -0.39 is 6.04 Å². The molecule has 0 saturated heterocycles. The van der Waals surface area contributed by atoms with Crippen LogP contribution in [0.2, 0.25) is 0 Å². The largest absolute Gasteiger partial charge is 0.366 e. The lowest BCUT2D eigenvalue weighted by Gasteiger charge is -2.14. The van der Waals surface area contributed by atoms with Gasteiger partial charge in [0.05, 0.1) is 6.07 Å². The van der Waals surface area contributed by atoms with E-state index in [2.05, 4.69) is 11.4 Å². The van der Waals surface area contributed by atoms with Gasteiger partial charge >= 0.3 is 0 Å². The van der Waals surface area contributed by atoms with E-state index in [-0.39, 0.29) is 5.82 Å². The van der Waals surface area contributed by atoms with Gasteiger partial charge < -0.3 is 5.32 Å². The summed E-state index contributed by atoms with van der Waals surface area (Å²) in [6.07, 6.45) is 0. The zero-order chi connectivity index (χ0) is 13.8. The Morgan fingerprint density at radius 3 is 2.37 bits per heavy atom. The van der Waals surface area contributed by atoms with Gasteiger partial charge in [0.2, 0.25) is 0 Å². The third-order valence-electron chi connectivity index (χ3n) is 3.02. The minimum atomic E-state index is -0.558. The van der Waals surface area contributed by atoms with Crippen LogP contribution in [0.15, 0.2) is 42.5 Å².